The summed E-state index contributed by atoms with van der Waals surface area (Å²) >= 11 is 0. The van der Waals surface area contributed by atoms with Crippen LogP contribution in [0, 0.1) is 12.8 Å². The van der Waals surface area contributed by atoms with Gasteiger partial charge >= 0.3 is 12.0 Å². The van der Waals surface area contributed by atoms with Crippen molar-refractivity contribution in [3.63, 3.8) is 0 Å². The van der Waals surface area contributed by atoms with E-state index in [0.717, 1.165) is 16.8 Å². The fraction of sp³-hybridized carbons (Fsp3) is 0.440. The van der Waals surface area contributed by atoms with E-state index in [4.69, 9.17) is 9.47 Å². The van der Waals surface area contributed by atoms with E-state index in [1.54, 1.807) is 24.0 Å². The van der Waals surface area contributed by atoms with Gasteiger partial charge in [0, 0.05) is 25.3 Å². The Bertz CT molecular complexity index is 867. The summed E-state index contributed by atoms with van der Waals surface area (Å²) in [4.78, 5) is 25.7. The van der Waals surface area contributed by atoms with E-state index >= 15 is 0 Å². The average molecular weight is 443 g/mol. The Morgan fingerprint density at radius 3 is 2.44 bits per heavy atom. The molecule has 0 saturated carbocycles. The zero-order valence-corrected chi connectivity index (χ0v) is 19.3. The topological polar surface area (TPSA) is 88.1 Å². The minimum Gasteiger partial charge on any atom is -0.492 e. The lowest BCUT2D eigenvalue weighted by Crippen LogP contribution is -2.40. The second-order valence-electron chi connectivity index (χ2n) is 8.12. The second-order valence-corrected chi connectivity index (χ2v) is 8.12. The van der Waals surface area contributed by atoms with Crippen LogP contribution in [0.5, 0.6) is 5.75 Å². The van der Waals surface area contributed by atoms with E-state index in [1.807, 2.05) is 43.3 Å². The number of ether oxygens (including phenoxy) is 2. The summed E-state index contributed by atoms with van der Waals surface area (Å²) in [5.74, 6) is 0.0204. The number of rotatable bonds is 12. The molecule has 0 saturated heterocycles. The van der Waals surface area contributed by atoms with Crippen LogP contribution in [0.1, 0.15) is 31.9 Å². The number of hydrogen-bond donors (Lipinski definition) is 2. The fourth-order valence-electron chi connectivity index (χ4n) is 3.27. The number of anilines is 1. The smallest absolute Gasteiger partial charge is 0.333 e. The maximum absolute atomic E-state index is 12.8. The van der Waals surface area contributed by atoms with Crippen LogP contribution in [0.4, 0.5) is 10.5 Å². The molecule has 7 heteroatoms. The van der Waals surface area contributed by atoms with Crippen LogP contribution in [-0.4, -0.2) is 54.4 Å². The van der Waals surface area contributed by atoms with Gasteiger partial charge in [0.25, 0.3) is 0 Å². The van der Waals surface area contributed by atoms with Crippen LogP contribution in [-0.2, 0) is 16.0 Å². The minimum atomic E-state index is -0.971. The number of aliphatic carboxylic acids is 1. The number of hydrogen-bond acceptors (Lipinski definition) is 4. The number of nitrogens with one attached hydrogen (secondary N) is 1. The lowest BCUT2D eigenvalue weighted by Gasteiger charge is -2.25. The molecule has 0 heterocycles. The van der Waals surface area contributed by atoms with Crippen LogP contribution < -0.4 is 10.1 Å². The van der Waals surface area contributed by atoms with Gasteiger partial charge in [0.05, 0.1) is 6.54 Å². The molecule has 2 amide bonds. The number of carboxylic acid groups (broad SMARTS) is 1. The zero-order valence-electron chi connectivity index (χ0n) is 19.3. The molecule has 0 aromatic heterocycles. The molecule has 0 aliphatic rings. The molecule has 2 aromatic rings. The van der Waals surface area contributed by atoms with E-state index in [9.17, 15) is 14.7 Å². The number of carboxylic acids is 1. The molecule has 174 valence electrons. The minimum absolute atomic E-state index is 0.154. The van der Waals surface area contributed by atoms with Crippen molar-refractivity contribution in [2.24, 2.45) is 5.92 Å². The zero-order chi connectivity index (χ0) is 23.5. The van der Waals surface area contributed by atoms with E-state index in [0.29, 0.717) is 44.4 Å². The molecular weight excluding hydrogens is 408 g/mol. The lowest BCUT2D eigenvalue weighted by atomic mass is 10.1. The summed E-state index contributed by atoms with van der Waals surface area (Å²) in [6.07, 6.45) is -0.562. The van der Waals surface area contributed by atoms with Crippen molar-refractivity contribution in [3.8, 4) is 5.75 Å². The molecule has 1 unspecified atom stereocenters. The third-order valence-electron chi connectivity index (χ3n) is 4.76. The molecular formula is C25H34N2O5. The van der Waals surface area contributed by atoms with Gasteiger partial charge in [-0.2, -0.15) is 0 Å². The lowest BCUT2D eigenvalue weighted by molar-refractivity contribution is -0.149. The second kappa shape index (κ2) is 12.7. The molecule has 0 radical (unpaired) electrons. The van der Waals surface area contributed by atoms with Gasteiger partial charge in [0.15, 0.2) is 6.10 Å². The van der Waals surface area contributed by atoms with Crippen molar-refractivity contribution in [2.45, 2.75) is 40.2 Å². The van der Waals surface area contributed by atoms with E-state index < -0.39 is 12.1 Å². The van der Waals surface area contributed by atoms with Gasteiger partial charge in [-0.25, -0.2) is 9.59 Å². The molecule has 2 N–H and O–H groups in total. The quantitative estimate of drug-likeness (QED) is 0.502. The largest absolute Gasteiger partial charge is 0.492 e. The van der Waals surface area contributed by atoms with Crippen molar-refractivity contribution in [1.29, 1.82) is 0 Å². The Labute approximate surface area is 190 Å². The van der Waals surface area contributed by atoms with E-state index in [1.165, 1.54) is 0 Å². The van der Waals surface area contributed by atoms with Crippen molar-refractivity contribution >= 4 is 17.7 Å². The van der Waals surface area contributed by atoms with Gasteiger partial charge in [0.2, 0.25) is 0 Å². The summed E-state index contributed by atoms with van der Waals surface area (Å²) < 4.78 is 11.1. The Hall–Kier alpha value is -3.06. The predicted molar refractivity (Wildman–Crippen MR) is 125 cm³/mol. The summed E-state index contributed by atoms with van der Waals surface area (Å²) in [6, 6.07) is 14.8. The summed E-state index contributed by atoms with van der Waals surface area (Å²) in [5.41, 5.74) is 2.71. The van der Waals surface area contributed by atoms with Crippen molar-refractivity contribution in [2.75, 3.05) is 31.6 Å². The summed E-state index contributed by atoms with van der Waals surface area (Å²) in [6.45, 7) is 9.66. The van der Waals surface area contributed by atoms with Gasteiger partial charge < -0.3 is 24.8 Å². The number of urea groups is 1. The van der Waals surface area contributed by atoms with Crippen LogP contribution in [0.2, 0.25) is 0 Å². The predicted octanol–water partition coefficient (Wildman–Crippen LogP) is 4.60. The standard InChI is InChI=1S/C25H34N2O5/c1-5-31-23(24(28)29)16-20-9-11-22(12-10-20)32-14-13-27(17-18(2)3)25(30)26-21-8-6-7-19(4)15-21/h6-12,15,18,23H,5,13-14,16-17H2,1-4H3,(H,26,30)(H,28,29). The fourth-order valence-corrected chi connectivity index (χ4v) is 3.27. The molecule has 0 fully saturated rings. The Balaban J connectivity index is 1.90. The van der Waals surface area contributed by atoms with E-state index in [2.05, 4.69) is 19.2 Å². The first-order chi connectivity index (χ1) is 15.3. The van der Waals surface area contributed by atoms with Crippen molar-refractivity contribution < 1.29 is 24.2 Å². The summed E-state index contributed by atoms with van der Waals surface area (Å²) in [5, 5.41) is 12.2. The van der Waals surface area contributed by atoms with E-state index in [-0.39, 0.29) is 6.03 Å². The third kappa shape index (κ3) is 8.59. The molecule has 7 nitrogen and oxygen atoms in total. The van der Waals surface area contributed by atoms with Crippen molar-refractivity contribution in [3.05, 3.63) is 59.7 Å². The van der Waals surface area contributed by atoms with Crippen LogP contribution >= 0.6 is 0 Å². The molecule has 0 aliphatic carbocycles. The molecule has 2 aromatic carbocycles. The molecule has 32 heavy (non-hydrogen) atoms. The Kier molecular flexibility index (Phi) is 10.0. The highest BCUT2D eigenvalue weighted by atomic mass is 16.5. The Morgan fingerprint density at radius 2 is 1.84 bits per heavy atom. The normalized spacial score (nSPS) is 11.8. The highest BCUT2D eigenvalue weighted by molar-refractivity contribution is 5.89. The number of nitrogens with zero attached hydrogens (tertiary/aromatic N) is 1. The molecule has 0 spiro atoms. The van der Waals surface area contributed by atoms with Crippen LogP contribution in [0.25, 0.3) is 0 Å². The highest BCUT2D eigenvalue weighted by Gasteiger charge is 2.18. The van der Waals surface area contributed by atoms with Crippen LogP contribution in [0.15, 0.2) is 48.5 Å². The maximum atomic E-state index is 12.8. The molecule has 0 aliphatic heterocycles. The molecule has 2 rings (SSSR count). The van der Waals surface area contributed by atoms with Gasteiger partial charge in [-0.3, -0.25) is 0 Å². The van der Waals surface area contributed by atoms with Gasteiger partial charge in [-0.05, 0) is 55.2 Å². The van der Waals surface area contributed by atoms with Crippen molar-refractivity contribution in [1.82, 2.24) is 4.90 Å². The first-order valence-electron chi connectivity index (χ1n) is 11.0. The first kappa shape index (κ1) is 25.2. The average Bonchev–Trinajstić information content (AvgIpc) is 2.73. The number of amides is 2. The summed E-state index contributed by atoms with van der Waals surface area (Å²) in [7, 11) is 0. The molecule has 1 atom stereocenters. The highest BCUT2D eigenvalue weighted by Crippen LogP contribution is 2.15. The third-order valence-corrected chi connectivity index (χ3v) is 4.76. The Morgan fingerprint density at radius 1 is 1.12 bits per heavy atom. The number of aryl methyl sites for hydroxylation is 1. The number of carbonyl (C=O) groups is 2. The SMILES string of the molecule is CCOC(Cc1ccc(OCCN(CC(C)C)C(=O)Nc2cccc(C)c2)cc1)C(=O)O. The monoisotopic (exact) mass is 442 g/mol. The maximum Gasteiger partial charge on any atom is 0.333 e. The number of carbonyl (C=O) groups excluding carboxylic acids is 1. The van der Waals surface area contributed by atoms with Gasteiger partial charge in [-0.1, -0.05) is 38.1 Å². The van der Waals surface area contributed by atoms with Crippen LogP contribution in [0.3, 0.4) is 0 Å². The molecule has 0 bridgehead atoms. The van der Waals surface area contributed by atoms with Gasteiger partial charge in [0.1, 0.15) is 12.4 Å². The first-order valence-corrected chi connectivity index (χ1v) is 11.0. The number of benzene rings is 2. The van der Waals surface area contributed by atoms with Gasteiger partial charge in [-0.15, -0.1) is 0 Å².